The van der Waals surface area contributed by atoms with Crippen molar-refractivity contribution in [2.24, 2.45) is 0 Å². The van der Waals surface area contributed by atoms with Crippen LogP contribution in [0.15, 0.2) is 60.0 Å². The molecule has 3 aromatic rings. The first-order valence-electron chi connectivity index (χ1n) is 10.5. The molecule has 1 unspecified atom stereocenters. The smallest absolute Gasteiger partial charge is 0.234 e. The Morgan fingerprint density at radius 3 is 2.27 bits per heavy atom. The van der Waals surface area contributed by atoms with Crippen LogP contribution in [0.1, 0.15) is 37.4 Å². The number of nitrogens with one attached hydrogen (secondary N) is 3. The Kier molecular flexibility index (Phi) is 9.03. The summed E-state index contributed by atoms with van der Waals surface area (Å²) < 4.78 is 0. The summed E-state index contributed by atoms with van der Waals surface area (Å²) in [4.78, 5) is 40.4. The fourth-order valence-electron chi connectivity index (χ4n) is 3.17. The van der Waals surface area contributed by atoms with E-state index in [0.717, 1.165) is 11.3 Å². The first kappa shape index (κ1) is 24.5. The predicted octanol–water partition coefficient (Wildman–Crippen LogP) is 5.11. The zero-order valence-corrected chi connectivity index (χ0v) is 20.1. The van der Waals surface area contributed by atoms with Gasteiger partial charge >= 0.3 is 0 Å². The van der Waals surface area contributed by atoms with Crippen LogP contribution in [0.4, 0.5) is 16.5 Å². The van der Waals surface area contributed by atoms with Crippen LogP contribution in [0.25, 0.3) is 0 Å². The van der Waals surface area contributed by atoms with Gasteiger partial charge in [-0.3, -0.25) is 14.4 Å². The molecule has 0 aliphatic carbocycles. The molecule has 33 heavy (non-hydrogen) atoms. The molecular formula is C24H26N4O3S2. The van der Waals surface area contributed by atoms with Gasteiger partial charge in [0.1, 0.15) is 0 Å². The van der Waals surface area contributed by atoms with E-state index in [0.29, 0.717) is 28.7 Å². The molecule has 0 aliphatic rings. The molecule has 1 aromatic heterocycles. The second-order valence-electron chi connectivity index (χ2n) is 7.30. The summed E-state index contributed by atoms with van der Waals surface area (Å²) in [6, 6.07) is 16.7. The van der Waals surface area contributed by atoms with E-state index in [4.69, 9.17) is 0 Å². The van der Waals surface area contributed by atoms with Crippen LogP contribution in [-0.2, 0) is 20.1 Å². The van der Waals surface area contributed by atoms with E-state index in [1.165, 1.54) is 30.0 Å². The Balaban J connectivity index is 1.43. The second-order valence-corrected chi connectivity index (χ2v) is 9.15. The monoisotopic (exact) mass is 482 g/mol. The quantitative estimate of drug-likeness (QED) is 0.373. The molecule has 0 spiro atoms. The third-order valence-corrected chi connectivity index (χ3v) is 6.45. The Morgan fingerprint density at radius 1 is 0.970 bits per heavy atom. The standard InChI is InChI=1S/C24H26N4O3S2/c1-3-21(17-7-5-4-6-8-17)23(31)28-24-27-20(14-33-24)13-32-15-22(30)26-19-11-9-18(10-12-19)25-16(2)29/h4-12,14,21H,3,13,15H2,1-2H3,(H,25,29)(H,26,30)(H,27,28,31). The summed E-state index contributed by atoms with van der Waals surface area (Å²) >= 11 is 2.83. The van der Waals surface area contributed by atoms with Gasteiger partial charge in [0.25, 0.3) is 0 Å². The fourth-order valence-corrected chi connectivity index (χ4v) is 4.70. The van der Waals surface area contributed by atoms with Crippen molar-refractivity contribution in [1.82, 2.24) is 4.98 Å². The van der Waals surface area contributed by atoms with Gasteiger partial charge < -0.3 is 16.0 Å². The van der Waals surface area contributed by atoms with E-state index in [2.05, 4.69) is 20.9 Å². The van der Waals surface area contributed by atoms with Crippen LogP contribution in [0.3, 0.4) is 0 Å². The molecule has 1 atom stereocenters. The maximum atomic E-state index is 12.7. The number of rotatable bonds is 10. The number of hydrogen-bond acceptors (Lipinski definition) is 6. The highest BCUT2D eigenvalue weighted by Gasteiger charge is 2.19. The summed E-state index contributed by atoms with van der Waals surface area (Å²) in [5.41, 5.74) is 3.15. The van der Waals surface area contributed by atoms with Crippen molar-refractivity contribution in [3.8, 4) is 0 Å². The minimum atomic E-state index is -0.219. The van der Waals surface area contributed by atoms with Crippen LogP contribution in [0, 0.1) is 0 Å². The molecule has 2 aromatic carbocycles. The van der Waals surface area contributed by atoms with Gasteiger partial charge in [-0.25, -0.2) is 4.98 Å². The molecule has 9 heteroatoms. The number of thioether (sulfide) groups is 1. The van der Waals surface area contributed by atoms with Crippen LogP contribution < -0.4 is 16.0 Å². The largest absolute Gasteiger partial charge is 0.326 e. The zero-order chi connectivity index (χ0) is 23.6. The number of hydrogen-bond donors (Lipinski definition) is 3. The molecule has 0 radical (unpaired) electrons. The lowest BCUT2D eigenvalue weighted by atomic mass is 9.96. The molecule has 0 saturated carbocycles. The number of nitrogens with zero attached hydrogens (tertiary/aromatic N) is 1. The first-order valence-corrected chi connectivity index (χ1v) is 12.5. The fraction of sp³-hybridized carbons (Fsp3) is 0.250. The molecule has 172 valence electrons. The lowest BCUT2D eigenvalue weighted by Gasteiger charge is -2.14. The topological polar surface area (TPSA) is 100 Å². The summed E-state index contributed by atoms with van der Waals surface area (Å²) in [7, 11) is 0. The molecule has 0 aliphatic heterocycles. The Hall–Kier alpha value is -3.17. The Bertz CT molecular complexity index is 1080. The number of aromatic nitrogens is 1. The molecule has 0 fully saturated rings. The minimum absolute atomic E-state index is 0.0684. The average molecular weight is 483 g/mol. The van der Waals surface area contributed by atoms with Gasteiger partial charge in [-0.2, -0.15) is 0 Å². The SMILES string of the molecule is CCC(C(=O)Nc1nc(CSCC(=O)Nc2ccc(NC(C)=O)cc2)cs1)c1ccccc1. The van der Waals surface area contributed by atoms with E-state index in [9.17, 15) is 14.4 Å². The maximum Gasteiger partial charge on any atom is 0.234 e. The summed E-state index contributed by atoms with van der Waals surface area (Å²) in [6.07, 6.45) is 0.703. The van der Waals surface area contributed by atoms with E-state index in [1.54, 1.807) is 24.3 Å². The molecule has 0 bridgehead atoms. The number of benzene rings is 2. The normalized spacial score (nSPS) is 11.5. The van der Waals surface area contributed by atoms with Crippen molar-refractivity contribution in [3.05, 3.63) is 71.2 Å². The summed E-state index contributed by atoms with van der Waals surface area (Å²) in [5, 5.41) is 10.9. The first-order chi connectivity index (χ1) is 15.9. The number of amides is 3. The van der Waals surface area contributed by atoms with Crippen molar-refractivity contribution >= 4 is 57.3 Å². The minimum Gasteiger partial charge on any atom is -0.326 e. The molecule has 3 rings (SSSR count). The van der Waals surface area contributed by atoms with Crippen LogP contribution in [0.5, 0.6) is 0 Å². The van der Waals surface area contributed by atoms with Crippen molar-refractivity contribution in [3.63, 3.8) is 0 Å². The van der Waals surface area contributed by atoms with Crippen LogP contribution in [0.2, 0.25) is 0 Å². The van der Waals surface area contributed by atoms with E-state index >= 15 is 0 Å². The van der Waals surface area contributed by atoms with Crippen molar-refractivity contribution < 1.29 is 14.4 Å². The maximum absolute atomic E-state index is 12.7. The van der Waals surface area contributed by atoms with Gasteiger partial charge in [0.05, 0.1) is 17.4 Å². The van der Waals surface area contributed by atoms with E-state index in [-0.39, 0.29) is 29.4 Å². The molecular weight excluding hydrogens is 456 g/mol. The van der Waals surface area contributed by atoms with Gasteiger partial charge in [-0.15, -0.1) is 23.1 Å². The number of carbonyl (C=O) groups excluding carboxylic acids is 3. The van der Waals surface area contributed by atoms with E-state index in [1.807, 2.05) is 42.6 Å². The lowest BCUT2D eigenvalue weighted by molar-refractivity contribution is -0.117. The highest BCUT2D eigenvalue weighted by atomic mass is 32.2. The predicted molar refractivity (Wildman–Crippen MR) is 136 cm³/mol. The Morgan fingerprint density at radius 2 is 1.64 bits per heavy atom. The van der Waals surface area contributed by atoms with Crippen LogP contribution >= 0.6 is 23.1 Å². The molecule has 3 amide bonds. The van der Waals surface area contributed by atoms with Gasteiger partial charge in [0.2, 0.25) is 17.7 Å². The molecule has 1 heterocycles. The molecule has 7 nitrogen and oxygen atoms in total. The second kappa shape index (κ2) is 12.2. The average Bonchev–Trinajstić information content (AvgIpc) is 3.23. The number of thiazole rings is 1. The third kappa shape index (κ3) is 7.73. The summed E-state index contributed by atoms with van der Waals surface area (Å²) in [6.45, 7) is 3.43. The van der Waals surface area contributed by atoms with Crippen molar-refractivity contribution in [2.45, 2.75) is 31.9 Å². The highest BCUT2D eigenvalue weighted by Crippen LogP contribution is 2.24. The molecule has 0 saturated heterocycles. The highest BCUT2D eigenvalue weighted by molar-refractivity contribution is 7.99. The van der Waals surface area contributed by atoms with Gasteiger partial charge in [-0.05, 0) is 36.2 Å². The lowest BCUT2D eigenvalue weighted by Crippen LogP contribution is -2.20. The van der Waals surface area contributed by atoms with Gasteiger partial charge in [0.15, 0.2) is 5.13 Å². The van der Waals surface area contributed by atoms with Gasteiger partial charge in [-0.1, -0.05) is 37.3 Å². The number of anilines is 3. The zero-order valence-electron chi connectivity index (χ0n) is 18.5. The Labute approximate surface area is 201 Å². The third-order valence-electron chi connectivity index (χ3n) is 4.68. The van der Waals surface area contributed by atoms with E-state index < -0.39 is 0 Å². The van der Waals surface area contributed by atoms with Crippen molar-refractivity contribution in [1.29, 1.82) is 0 Å². The molecule has 3 N–H and O–H groups in total. The van der Waals surface area contributed by atoms with Gasteiger partial charge in [0, 0.05) is 29.4 Å². The number of carbonyl (C=O) groups is 3. The van der Waals surface area contributed by atoms with Crippen molar-refractivity contribution in [2.75, 3.05) is 21.7 Å². The van der Waals surface area contributed by atoms with Crippen LogP contribution in [-0.4, -0.2) is 28.5 Å². The summed E-state index contributed by atoms with van der Waals surface area (Å²) in [5.74, 6) is 0.291.